The van der Waals surface area contributed by atoms with E-state index in [9.17, 15) is 4.79 Å². The van der Waals surface area contributed by atoms with Gasteiger partial charge in [0.2, 0.25) is 0 Å². The first-order valence-electron chi connectivity index (χ1n) is 6.52. The molecule has 4 heteroatoms. The molecule has 0 bridgehead atoms. The second-order valence-corrected chi connectivity index (χ2v) is 5.58. The molecule has 1 atom stereocenters. The number of rotatable bonds is 4. The van der Waals surface area contributed by atoms with Gasteiger partial charge in [0.25, 0.3) is 0 Å². The van der Waals surface area contributed by atoms with E-state index in [1.54, 1.807) is 25.1 Å². The highest BCUT2D eigenvalue weighted by molar-refractivity contribution is 5.90. The van der Waals surface area contributed by atoms with Crippen LogP contribution in [-0.2, 0) is 4.74 Å². The summed E-state index contributed by atoms with van der Waals surface area (Å²) in [4.78, 5) is 11.0. The van der Waals surface area contributed by atoms with Crippen LogP contribution in [0.3, 0.4) is 0 Å². The second kappa shape index (κ2) is 5.21. The van der Waals surface area contributed by atoms with Crippen LogP contribution in [0.25, 0.3) is 0 Å². The average Bonchev–Trinajstić information content (AvgIpc) is 2.67. The highest BCUT2D eigenvalue weighted by atomic mass is 16.6. The quantitative estimate of drug-likeness (QED) is 0.908. The first-order valence-corrected chi connectivity index (χ1v) is 6.52. The Hall–Kier alpha value is -1.55. The number of carbonyl (C=O) groups is 1. The summed E-state index contributed by atoms with van der Waals surface area (Å²) in [5.74, 6) is -0.311. The van der Waals surface area contributed by atoms with Crippen LogP contribution in [-0.4, -0.2) is 29.4 Å². The largest absolute Gasteiger partial charge is 0.491 e. The van der Waals surface area contributed by atoms with E-state index in [4.69, 9.17) is 14.6 Å². The molecular formula is C15H20O4. The molecule has 0 radical (unpaired) electrons. The van der Waals surface area contributed by atoms with Crippen molar-refractivity contribution in [2.45, 2.75) is 45.3 Å². The summed E-state index contributed by atoms with van der Waals surface area (Å²) >= 11 is 0. The lowest BCUT2D eigenvalue weighted by atomic mass is 10.1. The standard InChI is InChI=1S/C15H20O4/c1-10-12(14(16)17)5-4-6-13(10)18-9-11-7-8-15(2,3)19-11/h4-6,11H,7-9H2,1-3H3,(H,16,17). The van der Waals surface area contributed by atoms with E-state index >= 15 is 0 Å². The molecule has 1 unspecified atom stereocenters. The average molecular weight is 264 g/mol. The third kappa shape index (κ3) is 3.26. The first kappa shape index (κ1) is 13.9. The van der Waals surface area contributed by atoms with Crippen molar-refractivity contribution in [2.75, 3.05) is 6.61 Å². The molecule has 0 spiro atoms. The van der Waals surface area contributed by atoms with E-state index in [0.717, 1.165) is 12.8 Å². The third-order valence-electron chi connectivity index (χ3n) is 3.49. The summed E-state index contributed by atoms with van der Waals surface area (Å²) in [5.41, 5.74) is 0.865. The van der Waals surface area contributed by atoms with Crippen molar-refractivity contribution in [1.29, 1.82) is 0 Å². The highest BCUT2D eigenvalue weighted by Crippen LogP contribution is 2.30. The molecule has 104 valence electrons. The number of carboxylic acids is 1. The van der Waals surface area contributed by atoms with Gasteiger partial charge in [0.15, 0.2) is 0 Å². The molecule has 1 aliphatic heterocycles. The fourth-order valence-corrected chi connectivity index (χ4v) is 2.38. The molecule has 1 fully saturated rings. The summed E-state index contributed by atoms with van der Waals surface area (Å²) in [6, 6.07) is 5.08. The number of benzene rings is 1. The van der Waals surface area contributed by atoms with Crippen LogP contribution in [0, 0.1) is 6.92 Å². The van der Waals surface area contributed by atoms with Crippen molar-refractivity contribution in [2.24, 2.45) is 0 Å². The van der Waals surface area contributed by atoms with Gasteiger partial charge < -0.3 is 14.6 Å². The van der Waals surface area contributed by atoms with Gasteiger partial charge in [-0.2, -0.15) is 0 Å². The maximum atomic E-state index is 11.0. The van der Waals surface area contributed by atoms with Gasteiger partial charge in [0.05, 0.1) is 17.3 Å². The first-order chi connectivity index (χ1) is 8.89. The molecule has 1 aromatic rings. The zero-order chi connectivity index (χ0) is 14.0. The molecule has 1 N–H and O–H groups in total. The molecule has 0 saturated carbocycles. The maximum absolute atomic E-state index is 11.0. The van der Waals surface area contributed by atoms with Crippen LogP contribution in [0.5, 0.6) is 5.75 Å². The fourth-order valence-electron chi connectivity index (χ4n) is 2.38. The van der Waals surface area contributed by atoms with Gasteiger partial charge in [-0.15, -0.1) is 0 Å². The molecule has 0 aliphatic carbocycles. The van der Waals surface area contributed by atoms with Crippen LogP contribution < -0.4 is 4.74 Å². The molecule has 0 aromatic heterocycles. The topological polar surface area (TPSA) is 55.8 Å². The van der Waals surface area contributed by atoms with Gasteiger partial charge in [0, 0.05) is 5.56 Å². The molecule has 1 saturated heterocycles. The Bertz CT molecular complexity index is 479. The van der Waals surface area contributed by atoms with E-state index < -0.39 is 5.97 Å². The fraction of sp³-hybridized carbons (Fsp3) is 0.533. The Kier molecular flexibility index (Phi) is 3.80. The van der Waals surface area contributed by atoms with Crippen molar-refractivity contribution in [1.82, 2.24) is 0 Å². The van der Waals surface area contributed by atoms with Crippen molar-refractivity contribution < 1.29 is 19.4 Å². The van der Waals surface area contributed by atoms with Gasteiger partial charge in [0.1, 0.15) is 12.4 Å². The maximum Gasteiger partial charge on any atom is 0.336 e. The van der Waals surface area contributed by atoms with Crippen LogP contribution in [0.15, 0.2) is 18.2 Å². The SMILES string of the molecule is Cc1c(OCC2CCC(C)(C)O2)cccc1C(=O)O. The van der Waals surface area contributed by atoms with E-state index in [0.29, 0.717) is 17.9 Å². The van der Waals surface area contributed by atoms with E-state index in [2.05, 4.69) is 13.8 Å². The van der Waals surface area contributed by atoms with Crippen LogP contribution >= 0.6 is 0 Å². The summed E-state index contributed by atoms with van der Waals surface area (Å²) in [7, 11) is 0. The van der Waals surface area contributed by atoms with Gasteiger partial charge in [-0.05, 0) is 45.7 Å². The summed E-state index contributed by atoms with van der Waals surface area (Å²) in [6.07, 6.45) is 2.09. The monoisotopic (exact) mass is 264 g/mol. The lowest BCUT2D eigenvalue weighted by molar-refractivity contribution is -0.0327. The Morgan fingerprint density at radius 3 is 2.84 bits per heavy atom. The van der Waals surface area contributed by atoms with E-state index in [1.807, 2.05) is 0 Å². The lowest BCUT2D eigenvalue weighted by Gasteiger charge is -2.20. The minimum absolute atomic E-state index is 0.0774. The minimum Gasteiger partial charge on any atom is -0.491 e. The van der Waals surface area contributed by atoms with Gasteiger partial charge in [-0.3, -0.25) is 0 Å². The second-order valence-electron chi connectivity index (χ2n) is 5.58. The summed E-state index contributed by atoms with van der Waals surface area (Å²) in [6.45, 7) is 6.37. The zero-order valence-electron chi connectivity index (χ0n) is 11.6. The predicted molar refractivity (Wildman–Crippen MR) is 71.8 cm³/mol. The molecule has 4 nitrogen and oxygen atoms in total. The Balaban J connectivity index is 2.01. The number of hydrogen-bond donors (Lipinski definition) is 1. The van der Waals surface area contributed by atoms with Gasteiger partial charge >= 0.3 is 5.97 Å². The molecule has 1 aliphatic rings. The third-order valence-corrected chi connectivity index (χ3v) is 3.49. The molecule has 1 heterocycles. The smallest absolute Gasteiger partial charge is 0.336 e. The minimum atomic E-state index is -0.929. The van der Waals surface area contributed by atoms with Crippen LogP contribution in [0.1, 0.15) is 42.6 Å². The van der Waals surface area contributed by atoms with E-state index in [1.165, 1.54) is 0 Å². The molecule has 1 aromatic carbocycles. The number of aromatic carboxylic acids is 1. The van der Waals surface area contributed by atoms with Gasteiger partial charge in [-0.25, -0.2) is 4.79 Å². The Labute approximate surface area is 113 Å². The van der Waals surface area contributed by atoms with Crippen LogP contribution in [0.4, 0.5) is 0 Å². The van der Waals surface area contributed by atoms with Crippen molar-refractivity contribution in [3.63, 3.8) is 0 Å². The molecule has 19 heavy (non-hydrogen) atoms. The lowest BCUT2D eigenvalue weighted by Crippen LogP contribution is -2.24. The predicted octanol–water partition coefficient (Wildman–Crippen LogP) is 3.03. The van der Waals surface area contributed by atoms with Gasteiger partial charge in [-0.1, -0.05) is 6.07 Å². The van der Waals surface area contributed by atoms with Crippen molar-refractivity contribution in [3.8, 4) is 5.75 Å². The number of carboxylic acid groups (broad SMARTS) is 1. The Morgan fingerprint density at radius 2 is 2.26 bits per heavy atom. The number of ether oxygens (including phenoxy) is 2. The van der Waals surface area contributed by atoms with Crippen molar-refractivity contribution >= 4 is 5.97 Å². The number of hydrogen-bond acceptors (Lipinski definition) is 3. The molecule has 2 rings (SSSR count). The van der Waals surface area contributed by atoms with Crippen LogP contribution in [0.2, 0.25) is 0 Å². The summed E-state index contributed by atoms with van der Waals surface area (Å²) in [5, 5.41) is 9.06. The highest BCUT2D eigenvalue weighted by Gasteiger charge is 2.32. The molecule has 0 amide bonds. The van der Waals surface area contributed by atoms with Crippen molar-refractivity contribution in [3.05, 3.63) is 29.3 Å². The molecular weight excluding hydrogens is 244 g/mol. The summed E-state index contributed by atoms with van der Waals surface area (Å²) < 4.78 is 11.6. The van der Waals surface area contributed by atoms with E-state index in [-0.39, 0.29) is 17.3 Å². The Morgan fingerprint density at radius 1 is 1.53 bits per heavy atom. The zero-order valence-corrected chi connectivity index (χ0v) is 11.6. The normalized spacial score (nSPS) is 21.3.